The fourth-order valence-corrected chi connectivity index (χ4v) is 2.96. The molecule has 1 aliphatic heterocycles. The molecule has 116 valence electrons. The molecule has 1 saturated heterocycles. The number of aryl methyl sites for hydroxylation is 1. The molecule has 3 N–H and O–H groups in total. The van der Waals surface area contributed by atoms with Gasteiger partial charge in [-0.05, 0) is 56.9 Å². The second-order valence-corrected chi connectivity index (χ2v) is 7.16. The van der Waals surface area contributed by atoms with Crippen molar-refractivity contribution in [3.8, 4) is 0 Å². The highest BCUT2D eigenvalue weighted by Crippen LogP contribution is 2.29. The molecule has 0 radical (unpaired) electrons. The van der Waals surface area contributed by atoms with Crippen molar-refractivity contribution < 1.29 is 17.9 Å². The van der Waals surface area contributed by atoms with Crippen LogP contribution in [-0.4, -0.2) is 26.5 Å². The zero-order valence-corrected chi connectivity index (χ0v) is 13.2. The van der Waals surface area contributed by atoms with Crippen molar-refractivity contribution in [2.75, 3.05) is 11.9 Å². The topological polar surface area (TPSA) is 98.5 Å². The third-order valence-corrected chi connectivity index (χ3v) is 4.81. The van der Waals surface area contributed by atoms with Gasteiger partial charge in [0, 0.05) is 12.3 Å². The number of benzene rings is 1. The van der Waals surface area contributed by atoms with Crippen LogP contribution in [-0.2, 0) is 19.6 Å². The molecule has 1 fully saturated rings. The van der Waals surface area contributed by atoms with Gasteiger partial charge < -0.3 is 10.1 Å². The molecule has 2 rings (SSSR count). The van der Waals surface area contributed by atoms with Crippen LogP contribution in [0.15, 0.2) is 17.0 Å². The first kappa shape index (κ1) is 15.9. The summed E-state index contributed by atoms with van der Waals surface area (Å²) >= 11 is 0. The molecule has 1 atom stereocenters. The fraction of sp³-hybridized carbons (Fsp3) is 0.500. The van der Waals surface area contributed by atoms with E-state index in [-0.39, 0.29) is 10.8 Å². The minimum absolute atomic E-state index is 0.0154. The van der Waals surface area contributed by atoms with Crippen LogP contribution in [0.25, 0.3) is 0 Å². The average Bonchev–Trinajstić information content (AvgIpc) is 2.81. The van der Waals surface area contributed by atoms with Crippen molar-refractivity contribution in [3.05, 3.63) is 23.3 Å². The molecule has 1 aromatic rings. The maximum absolute atomic E-state index is 12.3. The van der Waals surface area contributed by atoms with Crippen molar-refractivity contribution in [1.29, 1.82) is 0 Å². The number of sulfonamides is 1. The highest BCUT2D eigenvalue weighted by molar-refractivity contribution is 7.89. The molecule has 21 heavy (non-hydrogen) atoms. The molecule has 1 heterocycles. The molecule has 7 heteroatoms. The number of carbonyl (C=O) groups excluding carboxylic acids is 1. The number of primary sulfonamides is 1. The second kappa shape index (κ2) is 5.40. The molecule has 0 spiro atoms. The van der Waals surface area contributed by atoms with E-state index in [1.807, 2.05) is 6.92 Å². The van der Waals surface area contributed by atoms with Gasteiger partial charge in [0.2, 0.25) is 10.0 Å². The first-order valence-corrected chi connectivity index (χ1v) is 8.27. The summed E-state index contributed by atoms with van der Waals surface area (Å²) in [5.74, 6) is -0.269. The number of ether oxygens (including phenoxy) is 1. The lowest BCUT2D eigenvalue weighted by molar-refractivity contribution is -0.133. The van der Waals surface area contributed by atoms with Crippen LogP contribution in [0.2, 0.25) is 0 Å². The van der Waals surface area contributed by atoms with Crippen LogP contribution >= 0.6 is 0 Å². The van der Waals surface area contributed by atoms with Gasteiger partial charge in [0.05, 0.1) is 4.90 Å². The van der Waals surface area contributed by atoms with E-state index in [9.17, 15) is 13.2 Å². The molecule has 0 aliphatic carbocycles. The van der Waals surface area contributed by atoms with Crippen molar-refractivity contribution in [2.45, 2.75) is 44.1 Å². The zero-order chi connectivity index (χ0) is 15.8. The molecular formula is C14H20N2O4S. The van der Waals surface area contributed by atoms with E-state index in [1.165, 1.54) is 12.1 Å². The first-order valence-electron chi connectivity index (χ1n) is 6.73. The SMILES string of the molecule is Cc1cc(S(N)(=O)=O)cc(NC(=O)C2(C)CCCO2)c1C. The Balaban J connectivity index is 2.36. The Morgan fingerprint density at radius 3 is 2.57 bits per heavy atom. The van der Waals surface area contributed by atoms with E-state index in [4.69, 9.17) is 9.88 Å². The predicted octanol–water partition coefficient (Wildman–Crippen LogP) is 1.46. The van der Waals surface area contributed by atoms with Gasteiger partial charge in [-0.25, -0.2) is 13.6 Å². The van der Waals surface area contributed by atoms with Gasteiger partial charge in [0.15, 0.2) is 0 Å². The monoisotopic (exact) mass is 312 g/mol. The molecular weight excluding hydrogens is 292 g/mol. The first-order chi connectivity index (χ1) is 9.63. The van der Waals surface area contributed by atoms with E-state index in [0.717, 1.165) is 17.5 Å². The Bertz CT molecular complexity index is 676. The molecule has 1 aliphatic rings. The molecule has 0 saturated carbocycles. The van der Waals surface area contributed by atoms with Gasteiger partial charge in [-0.2, -0.15) is 0 Å². The summed E-state index contributed by atoms with van der Waals surface area (Å²) in [6.45, 7) is 5.88. The summed E-state index contributed by atoms with van der Waals surface area (Å²) in [6.07, 6.45) is 1.48. The van der Waals surface area contributed by atoms with Crippen molar-refractivity contribution >= 4 is 21.6 Å². The standard InChI is InChI=1S/C14H20N2O4S/c1-9-7-11(21(15,18)19)8-12(10(9)2)16-13(17)14(3)5-4-6-20-14/h7-8H,4-6H2,1-3H3,(H,16,17)(H2,15,18,19). The predicted molar refractivity (Wildman–Crippen MR) is 79.5 cm³/mol. The molecule has 0 aromatic heterocycles. The number of nitrogens with one attached hydrogen (secondary N) is 1. The van der Waals surface area contributed by atoms with Gasteiger partial charge >= 0.3 is 0 Å². The number of carbonyl (C=O) groups is 1. The number of hydrogen-bond acceptors (Lipinski definition) is 4. The highest BCUT2D eigenvalue weighted by atomic mass is 32.2. The van der Waals surface area contributed by atoms with Crippen LogP contribution in [0.1, 0.15) is 30.9 Å². The van der Waals surface area contributed by atoms with Crippen molar-refractivity contribution in [3.63, 3.8) is 0 Å². The second-order valence-electron chi connectivity index (χ2n) is 5.59. The molecule has 1 aromatic carbocycles. The number of anilines is 1. The maximum atomic E-state index is 12.3. The van der Waals surface area contributed by atoms with Crippen LogP contribution < -0.4 is 10.5 Å². The number of hydrogen-bond donors (Lipinski definition) is 2. The Hall–Kier alpha value is -1.44. The fourth-order valence-electron chi connectivity index (χ4n) is 2.33. The van der Waals surface area contributed by atoms with E-state index >= 15 is 0 Å². The molecule has 0 bridgehead atoms. The summed E-state index contributed by atoms with van der Waals surface area (Å²) < 4.78 is 28.5. The summed E-state index contributed by atoms with van der Waals surface area (Å²) in [5.41, 5.74) is 1.13. The van der Waals surface area contributed by atoms with Crippen LogP contribution in [0.5, 0.6) is 0 Å². The van der Waals surface area contributed by atoms with Gasteiger partial charge in [0.25, 0.3) is 5.91 Å². The average molecular weight is 312 g/mol. The van der Waals surface area contributed by atoms with Crippen molar-refractivity contribution in [2.24, 2.45) is 5.14 Å². The summed E-state index contributed by atoms with van der Waals surface area (Å²) in [6, 6.07) is 2.88. The van der Waals surface area contributed by atoms with E-state index in [0.29, 0.717) is 18.7 Å². The number of nitrogens with two attached hydrogens (primary N) is 1. The van der Waals surface area contributed by atoms with Gasteiger partial charge in [-0.3, -0.25) is 4.79 Å². The van der Waals surface area contributed by atoms with Crippen LogP contribution in [0.4, 0.5) is 5.69 Å². The normalized spacial score (nSPS) is 22.3. The van der Waals surface area contributed by atoms with Crippen LogP contribution in [0, 0.1) is 13.8 Å². The minimum Gasteiger partial charge on any atom is -0.365 e. The number of amides is 1. The third kappa shape index (κ3) is 3.25. The quantitative estimate of drug-likeness (QED) is 0.882. The van der Waals surface area contributed by atoms with E-state index in [1.54, 1.807) is 13.8 Å². The summed E-state index contributed by atoms with van der Waals surface area (Å²) in [5, 5.41) is 7.92. The lowest BCUT2D eigenvalue weighted by Crippen LogP contribution is -2.39. The Morgan fingerprint density at radius 1 is 1.38 bits per heavy atom. The van der Waals surface area contributed by atoms with Crippen molar-refractivity contribution in [1.82, 2.24) is 0 Å². The zero-order valence-electron chi connectivity index (χ0n) is 12.4. The molecule has 6 nitrogen and oxygen atoms in total. The largest absolute Gasteiger partial charge is 0.365 e. The lowest BCUT2D eigenvalue weighted by Gasteiger charge is -2.23. The Morgan fingerprint density at radius 2 is 2.05 bits per heavy atom. The van der Waals surface area contributed by atoms with Gasteiger partial charge in [-0.15, -0.1) is 0 Å². The number of rotatable bonds is 3. The summed E-state index contributed by atoms with van der Waals surface area (Å²) in [4.78, 5) is 12.3. The van der Waals surface area contributed by atoms with E-state index in [2.05, 4.69) is 5.32 Å². The maximum Gasteiger partial charge on any atom is 0.256 e. The molecule has 1 amide bonds. The summed E-state index contributed by atoms with van der Waals surface area (Å²) in [7, 11) is -3.82. The van der Waals surface area contributed by atoms with Gasteiger partial charge in [0.1, 0.15) is 5.60 Å². The highest BCUT2D eigenvalue weighted by Gasteiger charge is 2.38. The van der Waals surface area contributed by atoms with Crippen LogP contribution in [0.3, 0.4) is 0 Å². The lowest BCUT2D eigenvalue weighted by atomic mass is 10.0. The van der Waals surface area contributed by atoms with E-state index < -0.39 is 15.6 Å². The Kier molecular flexibility index (Phi) is 4.10. The minimum atomic E-state index is -3.82. The molecule has 1 unspecified atom stereocenters. The smallest absolute Gasteiger partial charge is 0.256 e. The Labute approximate surface area is 124 Å². The van der Waals surface area contributed by atoms with Gasteiger partial charge in [-0.1, -0.05) is 0 Å². The third-order valence-electron chi connectivity index (χ3n) is 3.92.